The summed E-state index contributed by atoms with van der Waals surface area (Å²) in [5, 5.41) is 2.12. The summed E-state index contributed by atoms with van der Waals surface area (Å²) >= 11 is 1.60. The Labute approximate surface area is 170 Å². The van der Waals surface area contributed by atoms with Crippen molar-refractivity contribution in [2.45, 2.75) is 53.5 Å². The first-order valence-corrected chi connectivity index (χ1v) is 10.7. The Kier molecular flexibility index (Phi) is 6.08. The lowest BCUT2D eigenvalue weighted by Crippen LogP contribution is -2.22. The Bertz CT molecular complexity index is 1070. The molecule has 0 spiro atoms. The number of rotatable bonds is 6. The first-order chi connectivity index (χ1) is 13.3. The standard InChI is InChI=1S/C22H30N4OS/c1-15(2)12-13-16(3)25-17(4)14-28-22(25)23-20-18(5)24(6)26(21(20)27)19-10-8-7-9-11-19/h7-11,14-16H,12-13H2,1-6H3. The Morgan fingerprint density at radius 2 is 1.75 bits per heavy atom. The van der Waals surface area contributed by atoms with E-state index in [4.69, 9.17) is 4.99 Å². The van der Waals surface area contributed by atoms with Crippen LogP contribution in [0.4, 0.5) is 5.69 Å². The summed E-state index contributed by atoms with van der Waals surface area (Å²) in [6, 6.07) is 10.1. The molecule has 1 aromatic carbocycles. The van der Waals surface area contributed by atoms with Crippen LogP contribution in [0, 0.1) is 19.8 Å². The Morgan fingerprint density at radius 3 is 2.39 bits per heavy atom. The fourth-order valence-corrected chi connectivity index (χ4v) is 4.47. The average Bonchev–Trinajstić information content (AvgIpc) is 3.13. The van der Waals surface area contributed by atoms with E-state index in [1.807, 2.05) is 49.0 Å². The molecule has 0 aliphatic heterocycles. The van der Waals surface area contributed by atoms with Gasteiger partial charge in [-0.3, -0.25) is 9.48 Å². The fourth-order valence-electron chi connectivity index (χ4n) is 3.50. The van der Waals surface area contributed by atoms with Crippen molar-refractivity contribution in [3.8, 4) is 5.69 Å². The maximum absolute atomic E-state index is 13.2. The third-order valence-corrected chi connectivity index (χ3v) is 6.21. The van der Waals surface area contributed by atoms with Gasteiger partial charge in [-0.05, 0) is 51.7 Å². The lowest BCUT2D eigenvalue weighted by Gasteiger charge is -2.16. The van der Waals surface area contributed by atoms with Crippen molar-refractivity contribution in [2.24, 2.45) is 18.0 Å². The lowest BCUT2D eigenvalue weighted by molar-refractivity contribution is 0.428. The quantitative estimate of drug-likeness (QED) is 0.583. The molecule has 0 aliphatic rings. The summed E-state index contributed by atoms with van der Waals surface area (Å²) in [6.45, 7) is 10.8. The SMILES string of the molecule is Cc1csc(=Nc2c(C)n(C)n(-c3ccccc3)c2=O)n1C(C)CCC(C)C. The van der Waals surface area contributed by atoms with Crippen molar-refractivity contribution in [2.75, 3.05) is 0 Å². The van der Waals surface area contributed by atoms with Crippen molar-refractivity contribution < 1.29 is 0 Å². The minimum atomic E-state index is -0.0846. The van der Waals surface area contributed by atoms with Gasteiger partial charge < -0.3 is 4.57 Å². The number of nitrogens with zero attached hydrogens (tertiary/aromatic N) is 4. The molecule has 0 aliphatic carbocycles. The molecule has 0 saturated heterocycles. The molecular weight excluding hydrogens is 368 g/mol. The van der Waals surface area contributed by atoms with E-state index in [9.17, 15) is 4.79 Å². The first-order valence-electron chi connectivity index (χ1n) is 9.86. The van der Waals surface area contributed by atoms with Gasteiger partial charge in [0.1, 0.15) is 0 Å². The van der Waals surface area contributed by atoms with Crippen LogP contribution in [0.5, 0.6) is 0 Å². The van der Waals surface area contributed by atoms with E-state index < -0.39 is 0 Å². The van der Waals surface area contributed by atoms with Gasteiger partial charge in [0, 0.05) is 24.2 Å². The molecule has 0 saturated carbocycles. The molecule has 3 rings (SSSR count). The number of hydrogen-bond acceptors (Lipinski definition) is 3. The molecule has 3 aromatic rings. The van der Waals surface area contributed by atoms with Gasteiger partial charge >= 0.3 is 0 Å². The Balaban J connectivity index is 2.10. The summed E-state index contributed by atoms with van der Waals surface area (Å²) in [4.78, 5) is 18.9. The van der Waals surface area contributed by atoms with Crippen LogP contribution in [0.1, 0.15) is 51.0 Å². The van der Waals surface area contributed by atoms with E-state index in [1.165, 1.54) is 12.1 Å². The molecule has 150 valence electrons. The molecule has 0 amide bonds. The number of aryl methyl sites for hydroxylation is 1. The number of benzene rings is 1. The zero-order valence-corrected chi connectivity index (χ0v) is 18.5. The molecule has 0 fully saturated rings. The zero-order chi connectivity index (χ0) is 20.4. The minimum Gasteiger partial charge on any atom is -0.318 e. The monoisotopic (exact) mass is 398 g/mol. The number of para-hydroxylation sites is 1. The molecule has 5 nitrogen and oxygen atoms in total. The average molecular weight is 399 g/mol. The number of hydrogen-bond donors (Lipinski definition) is 0. The van der Waals surface area contributed by atoms with E-state index in [-0.39, 0.29) is 5.56 Å². The summed E-state index contributed by atoms with van der Waals surface area (Å²) in [5.41, 5.74) is 3.33. The van der Waals surface area contributed by atoms with Gasteiger partial charge in [-0.1, -0.05) is 32.0 Å². The van der Waals surface area contributed by atoms with Crippen molar-refractivity contribution in [1.82, 2.24) is 13.9 Å². The van der Waals surface area contributed by atoms with Gasteiger partial charge in [-0.15, -0.1) is 11.3 Å². The normalized spacial score (nSPS) is 13.5. The molecule has 1 unspecified atom stereocenters. The first kappa shape index (κ1) is 20.4. The van der Waals surface area contributed by atoms with Crippen LogP contribution in [-0.4, -0.2) is 13.9 Å². The predicted octanol–water partition coefficient (Wildman–Crippen LogP) is 4.89. The highest BCUT2D eigenvalue weighted by molar-refractivity contribution is 7.07. The van der Waals surface area contributed by atoms with Crippen molar-refractivity contribution in [3.05, 3.63) is 62.3 Å². The largest absolute Gasteiger partial charge is 0.318 e. The van der Waals surface area contributed by atoms with E-state index in [2.05, 4.69) is 37.6 Å². The maximum atomic E-state index is 13.2. The zero-order valence-electron chi connectivity index (χ0n) is 17.6. The van der Waals surface area contributed by atoms with E-state index in [0.717, 1.165) is 22.6 Å². The molecule has 2 heterocycles. The van der Waals surface area contributed by atoms with Crippen molar-refractivity contribution in [3.63, 3.8) is 0 Å². The van der Waals surface area contributed by atoms with Crippen LogP contribution in [-0.2, 0) is 7.05 Å². The van der Waals surface area contributed by atoms with Crippen LogP contribution in [0.2, 0.25) is 0 Å². The van der Waals surface area contributed by atoms with Crippen LogP contribution in [0.15, 0.2) is 45.5 Å². The van der Waals surface area contributed by atoms with Crippen LogP contribution in [0.25, 0.3) is 5.69 Å². The third kappa shape index (κ3) is 3.92. The summed E-state index contributed by atoms with van der Waals surface area (Å²) in [6.07, 6.45) is 2.28. The molecule has 0 bridgehead atoms. The molecule has 0 N–H and O–H groups in total. The fraction of sp³-hybridized carbons (Fsp3) is 0.455. The van der Waals surface area contributed by atoms with Gasteiger partial charge in [-0.2, -0.15) is 0 Å². The highest BCUT2D eigenvalue weighted by atomic mass is 32.1. The van der Waals surface area contributed by atoms with E-state index in [0.29, 0.717) is 17.6 Å². The molecule has 6 heteroatoms. The molecule has 28 heavy (non-hydrogen) atoms. The lowest BCUT2D eigenvalue weighted by atomic mass is 10.0. The van der Waals surface area contributed by atoms with Gasteiger partial charge in [0.05, 0.1) is 11.4 Å². The van der Waals surface area contributed by atoms with Crippen LogP contribution < -0.4 is 10.4 Å². The highest BCUT2D eigenvalue weighted by Gasteiger charge is 2.17. The van der Waals surface area contributed by atoms with Gasteiger partial charge in [0.15, 0.2) is 10.5 Å². The predicted molar refractivity (Wildman–Crippen MR) is 117 cm³/mol. The number of aromatic nitrogens is 3. The summed E-state index contributed by atoms with van der Waals surface area (Å²) < 4.78 is 5.83. The van der Waals surface area contributed by atoms with E-state index in [1.54, 1.807) is 16.0 Å². The highest BCUT2D eigenvalue weighted by Crippen LogP contribution is 2.20. The maximum Gasteiger partial charge on any atom is 0.297 e. The smallest absolute Gasteiger partial charge is 0.297 e. The second-order valence-electron chi connectivity index (χ2n) is 7.87. The third-order valence-electron chi connectivity index (χ3n) is 5.25. The van der Waals surface area contributed by atoms with Crippen LogP contribution in [0.3, 0.4) is 0 Å². The Morgan fingerprint density at radius 1 is 1.07 bits per heavy atom. The molecule has 0 radical (unpaired) electrons. The summed E-state index contributed by atoms with van der Waals surface area (Å²) in [7, 11) is 1.90. The molecule has 1 atom stereocenters. The van der Waals surface area contributed by atoms with Crippen molar-refractivity contribution >= 4 is 17.0 Å². The summed E-state index contributed by atoms with van der Waals surface area (Å²) in [5.74, 6) is 0.678. The minimum absolute atomic E-state index is 0.0846. The van der Waals surface area contributed by atoms with Gasteiger partial charge in [-0.25, -0.2) is 9.67 Å². The Hall–Kier alpha value is -2.34. The molecular formula is C22H30N4OS. The van der Waals surface area contributed by atoms with Crippen LogP contribution >= 0.6 is 11.3 Å². The second kappa shape index (κ2) is 8.35. The number of thiazole rings is 1. The van der Waals surface area contributed by atoms with E-state index >= 15 is 0 Å². The van der Waals surface area contributed by atoms with Gasteiger partial charge in [0.25, 0.3) is 5.56 Å². The topological polar surface area (TPSA) is 44.2 Å². The van der Waals surface area contributed by atoms with Crippen molar-refractivity contribution in [1.29, 1.82) is 0 Å². The molecule has 2 aromatic heterocycles. The van der Waals surface area contributed by atoms with Gasteiger partial charge in [0.2, 0.25) is 0 Å². The second-order valence-corrected chi connectivity index (χ2v) is 8.71.